The lowest BCUT2D eigenvalue weighted by atomic mass is 10.0. The van der Waals surface area contributed by atoms with Crippen LogP contribution in [0.3, 0.4) is 0 Å². The molecule has 1 aliphatic heterocycles. The third-order valence-electron chi connectivity index (χ3n) is 7.76. The molecule has 2 atom stereocenters. The van der Waals surface area contributed by atoms with Crippen molar-refractivity contribution < 1.29 is 28.5 Å². The van der Waals surface area contributed by atoms with E-state index in [1.165, 1.54) is 20.3 Å². The smallest absolute Gasteiger partial charge is 0.243 e. The molecular formula is C32H37Cl2N7O6. The molecule has 4 aromatic rings. The van der Waals surface area contributed by atoms with E-state index in [2.05, 4.69) is 32.6 Å². The minimum atomic E-state index is -0.426. The molecule has 1 saturated heterocycles. The van der Waals surface area contributed by atoms with Gasteiger partial charge in [0.1, 0.15) is 23.1 Å². The zero-order valence-electron chi connectivity index (χ0n) is 26.5. The van der Waals surface area contributed by atoms with Crippen LogP contribution in [0.15, 0.2) is 49.4 Å². The Morgan fingerprint density at radius 2 is 1.85 bits per heavy atom. The summed E-state index contributed by atoms with van der Waals surface area (Å²) in [6.45, 7) is 5.33. The Balaban J connectivity index is 1.53. The average molecular weight is 687 g/mol. The van der Waals surface area contributed by atoms with E-state index in [9.17, 15) is 4.79 Å². The molecule has 0 bridgehead atoms. The number of hydrogen-bond acceptors (Lipinski definition) is 11. The van der Waals surface area contributed by atoms with E-state index < -0.39 is 6.29 Å². The maximum absolute atomic E-state index is 12.1. The number of pyridine rings is 2. The number of benzene rings is 1. The topological polar surface area (TPSA) is 143 Å². The number of halogens is 2. The molecule has 0 aliphatic carbocycles. The SMILES string of the molecule is C=CC(=O)N[C@H]1CCOC[C@H]1Nc1cc2c(NCc3cnn(CC(OC)OC)c3)nc(-c3c(Cl)c(OC)cc(OC)c3Cl)cc2cn1. The number of amides is 1. The first-order chi connectivity index (χ1) is 22.8. The summed E-state index contributed by atoms with van der Waals surface area (Å²) in [5, 5.41) is 16.4. The summed E-state index contributed by atoms with van der Waals surface area (Å²) in [7, 11) is 6.20. The Kier molecular flexibility index (Phi) is 11.4. The normalized spacial score (nSPS) is 16.2. The van der Waals surface area contributed by atoms with Crippen molar-refractivity contribution in [1.29, 1.82) is 0 Å². The first kappa shape index (κ1) is 34.2. The number of anilines is 2. The van der Waals surface area contributed by atoms with Gasteiger partial charge >= 0.3 is 0 Å². The molecule has 1 aliphatic rings. The van der Waals surface area contributed by atoms with Crippen molar-refractivity contribution in [2.45, 2.75) is 37.9 Å². The van der Waals surface area contributed by atoms with Gasteiger partial charge in [-0.1, -0.05) is 29.8 Å². The second-order valence-corrected chi connectivity index (χ2v) is 11.4. The van der Waals surface area contributed by atoms with Gasteiger partial charge in [0.15, 0.2) is 6.29 Å². The van der Waals surface area contributed by atoms with Crippen LogP contribution in [0.4, 0.5) is 11.6 Å². The van der Waals surface area contributed by atoms with Gasteiger partial charge in [-0.15, -0.1) is 0 Å². The third kappa shape index (κ3) is 7.88. The lowest BCUT2D eigenvalue weighted by molar-refractivity contribution is -0.117. The summed E-state index contributed by atoms with van der Waals surface area (Å²) in [5.41, 5.74) is 1.85. The largest absolute Gasteiger partial charge is 0.495 e. The first-order valence-electron chi connectivity index (χ1n) is 14.8. The van der Waals surface area contributed by atoms with Crippen molar-refractivity contribution >= 4 is 51.5 Å². The van der Waals surface area contributed by atoms with Gasteiger partial charge in [0.25, 0.3) is 0 Å². The van der Waals surface area contributed by atoms with Crippen molar-refractivity contribution in [2.24, 2.45) is 0 Å². The lowest BCUT2D eigenvalue weighted by Crippen LogP contribution is -2.52. The molecule has 3 N–H and O–H groups in total. The molecule has 0 radical (unpaired) electrons. The minimum absolute atomic E-state index is 0.162. The van der Waals surface area contributed by atoms with Crippen LogP contribution < -0.4 is 25.4 Å². The molecule has 0 spiro atoms. The van der Waals surface area contributed by atoms with Crippen molar-refractivity contribution in [1.82, 2.24) is 25.1 Å². The summed E-state index contributed by atoms with van der Waals surface area (Å²) in [5.74, 6) is 1.67. The maximum Gasteiger partial charge on any atom is 0.243 e. The summed E-state index contributed by atoms with van der Waals surface area (Å²) in [6, 6.07) is 5.01. The van der Waals surface area contributed by atoms with Gasteiger partial charge in [0.05, 0.1) is 61.4 Å². The van der Waals surface area contributed by atoms with Gasteiger partial charge in [-0.3, -0.25) is 9.48 Å². The Bertz CT molecular complexity index is 1700. The second kappa shape index (κ2) is 15.6. The van der Waals surface area contributed by atoms with Crippen LogP contribution in [0, 0.1) is 0 Å². The average Bonchev–Trinajstić information content (AvgIpc) is 3.54. The molecular weight excluding hydrogens is 649 g/mol. The van der Waals surface area contributed by atoms with E-state index in [0.717, 1.165) is 16.3 Å². The van der Waals surface area contributed by atoms with Crippen LogP contribution in [0.25, 0.3) is 22.0 Å². The number of carbonyl (C=O) groups excluding carboxylic acids is 1. The summed E-state index contributed by atoms with van der Waals surface area (Å²) < 4.78 is 29.0. The fraction of sp³-hybridized carbons (Fsp3) is 0.375. The zero-order valence-corrected chi connectivity index (χ0v) is 28.0. The van der Waals surface area contributed by atoms with E-state index >= 15 is 0 Å². The quantitative estimate of drug-likeness (QED) is 0.123. The number of hydrogen-bond donors (Lipinski definition) is 3. The number of methoxy groups -OCH3 is 4. The molecule has 1 fully saturated rings. The highest BCUT2D eigenvalue weighted by Gasteiger charge is 2.27. The van der Waals surface area contributed by atoms with Gasteiger partial charge in [0.2, 0.25) is 5.91 Å². The van der Waals surface area contributed by atoms with Crippen molar-refractivity contribution in [2.75, 3.05) is 52.3 Å². The molecule has 13 nitrogen and oxygen atoms in total. The van der Waals surface area contributed by atoms with Crippen LogP contribution in [-0.2, 0) is 32.1 Å². The van der Waals surface area contributed by atoms with E-state index in [4.69, 9.17) is 51.9 Å². The number of fused-ring (bicyclic) bond motifs is 1. The Labute approximate surface area is 282 Å². The molecule has 1 aromatic carbocycles. The van der Waals surface area contributed by atoms with E-state index in [1.807, 2.05) is 18.3 Å². The number of nitrogens with zero attached hydrogens (tertiary/aromatic N) is 4. The Morgan fingerprint density at radius 3 is 2.53 bits per heavy atom. The van der Waals surface area contributed by atoms with Crippen LogP contribution in [0.2, 0.25) is 10.0 Å². The molecule has 47 heavy (non-hydrogen) atoms. The maximum atomic E-state index is 12.1. The number of ether oxygens (including phenoxy) is 5. The standard InChI is InChI=1S/C32H37Cl2N7O6/c1-6-27(42)39-21-7-8-47-17-23(21)38-26-10-20-19(14-35-26)9-22(29-30(33)24(43-2)11-25(44-3)31(29)34)40-32(20)36-12-18-13-37-41(15-18)16-28(45-4)46-5/h6,9-11,13-15,21,23,28H,1,7-8,12,16-17H2,2-5H3,(H,35,38)(H,36,40)(H,39,42)/t21-,23+/m0/s1. The molecule has 0 unspecified atom stereocenters. The molecule has 250 valence electrons. The fourth-order valence-electron chi connectivity index (χ4n) is 5.26. The predicted octanol–water partition coefficient (Wildman–Crippen LogP) is 4.92. The Morgan fingerprint density at radius 1 is 1.11 bits per heavy atom. The van der Waals surface area contributed by atoms with Gasteiger partial charge in [-0.05, 0) is 24.6 Å². The Hall–Kier alpha value is -4.14. The summed E-state index contributed by atoms with van der Waals surface area (Å²) in [6.07, 6.45) is 6.89. The van der Waals surface area contributed by atoms with Crippen LogP contribution in [0.5, 0.6) is 11.5 Å². The third-order valence-corrected chi connectivity index (χ3v) is 8.51. The van der Waals surface area contributed by atoms with Crippen LogP contribution in [-0.4, -0.2) is 85.7 Å². The number of carbonyl (C=O) groups is 1. The number of aromatic nitrogens is 4. The minimum Gasteiger partial charge on any atom is -0.495 e. The first-order valence-corrected chi connectivity index (χ1v) is 15.5. The monoisotopic (exact) mass is 685 g/mol. The summed E-state index contributed by atoms with van der Waals surface area (Å²) in [4.78, 5) is 21.7. The molecule has 1 amide bonds. The molecule has 15 heteroatoms. The van der Waals surface area contributed by atoms with E-state index in [0.29, 0.717) is 77.2 Å². The molecule has 4 heterocycles. The molecule has 3 aromatic heterocycles. The highest BCUT2D eigenvalue weighted by atomic mass is 35.5. The van der Waals surface area contributed by atoms with Crippen molar-refractivity contribution in [3.05, 3.63) is 65.1 Å². The van der Waals surface area contributed by atoms with Crippen molar-refractivity contribution in [3.8, 4) is 22.8 Å². The summed E-state index contributed by atoms with van der Waals surface area (Å²) >= 11 is 13.6. The van der Waals surface area contributed by atoms with E-state index in [-0.39, 0.29) is 18.0 Å². The van der Waals surface area contributed by atoms with Crippen molar-refractivity contribution in [3.63, 3.8) is 0 Å². The molecule has 5 rings (SSSR count). The van der Waals surface area contributed by atoms with Gasteiger partial charge in [-0.25, -0.2) is 9.97 Å². The molecule has 0 saturated carbocycles. The van der Waals surface area contributed by atoms with Gasteiger partial charge in [0, 0.05) is 67.7 Å². The number of rotatable bonds is 14. The highest BCUT2D eigenvalue weighted by Crippen LogP contribution is 2.46. The fourth-order valence-corrected chi connectivity index (χ4v) is 5.96. The highest BCUT2D eigenvalue weighted by molar-refractivity contribution is 6.41. The van der Waals surface area contributed by atoms with E-state index in [1.54, 1.807) is 37.4 Å². The van der Waals surface area contributed by atoms with Gasteiger partial charge in [-0.2, -0.15) is 5.10 Å². The number of nitrogens with one attached hydrogen (secondary N) is 3. The van der Waals surface area contributed by atoms with Crippen LogP contribution >= 0.6 is 23.2 Å². The predicted molar refractivity (Wildman–Crippen MR) is 180 cm³/mol. The zero-order chi connectivity index (χ0) is 33.5. The van der Waals surface area contributed by atoms with Gasteiger partial charge < -0.3 is 39.6 Å². The van der Waals surface area contributed by atoms with Crippen LogP contribution in [0.1, 0.15) is 12.0 Å². The lowest BCUT2D eigenvalue weighted by Gasteiger charge is -2.32. The second-order valence-electron chi connectivity index (χ2n) is 10.7.